The van der Waals surface area contributed by atoms with Crippen LogP contribution in [0.15, 0.2) is 30.0 Å². The van der Waals surface area contributed by atoms with Gasteiger partial charge in [0.05, 0.1) is 5.69 Å². The molecular weight excluding hydrogens is 254 g/mol. The molecule has 0 aliphatic carbocycles. The molecule has 0 saturated carbocycles. The lowest BCUT2D eigenvalue weighted by molar-refractivity contribution is -0.117. The standard InChI is InChI=1S/C15H19N3O2/c1-3-4-7-17-15(20)12(9-16)10-18-13-8-11(2)5-6-14(13)19/h5-6,8,10,18-19H,3-4,7H2,1-2H3,(H,17,20)/b12-10-. The summed E-state index contributed by atoms with van der Waals surface area (Å²) in [6.45, 7) is 4.45. The highest BCUT2D eigenvalue weighted by Crippen LogP contribution is 2.23. The highest BCUT2D eigenvalue weighted by molar-refractivity contribution is 5.97. The Bertz CT molecular complexity index is 545. The van der Waals surface area contributed by atoms with Crippen molar-refractivity contribution in [2.24, 2.45) is 0 Å². The van der Waals surface area contributed by atoms with Crippen molar-refractivity contribution in [2.75, 3.05) is 11.9 Å². The topological polar surface area (TPSA) is 85.2 Å². The molecule has 0 radical (unpaired) electrons. The normalized spacial score (nSPS) is 10.8. The summed E-state index contributed by atoms with van der Waals surface area (Å²) < 4.78 is 0. The number of nitriles is 1. The van der Waals surface area contributed by atoms with Gasteiger partial charge in [0.2, 0.25) is 0 Å². The Morgan fingerprint density at radius 2 is 2.25 bits per heavy atom. The zero-order chi connectivity index (χ0) is 15.0. The fourth-order valence-corrected chi connectivity index (χ4v) is 1.54. The molecule has 0 spiro atoms. The van der Waals surface area contributed by atoms with Crippen LogP contribution >= 0.6 is 0 Å². The summed E-state index contributed by atoms with van der Waals surface area (Å²) >= 11 is 0. The molecule has 5 nitrogen and oxygen atoms in total. The van der Waals surface area contributed by atoms with Gasteiger partial charge >= 0.3 is 0 Å². The van der Waals surface area contributed by atoms with Gasteiger partial charge in [0.1, 0.15) is 17.4 Å². The first-order valence-electron chi connectivity index (χ1n) is 6.53. The average Bonchev–Trinajstić information content (AvgIpc) is 2.43. The second kappa shape index (κ2) is 7.85. The second-order valence-electron chi connectivity index (χ2n) is 4.44. The molecule has 1 aromatic carbocycles. The van der Waals surface area contributed by atoms with Crippen LogP contribution in [0.5, 0.6) is 5.75 Å². The first-order chi connectivity index (χ1) is 9.58. The van der Waals surface area contributed by atoms with Crippen molar-refractivity contribution in [3.8, 4) is 11.8 Å². The number of anilines is 1. The molecular formula is C15H19N3O2. The lowest BCUT2D eigenvalue weighted by Crippen LogP contribution is -2.25. The van der Waals surface area contributed by atoms with E-state index in [1.54, 1.807) is 18.2 Å². The summed E-state index contributed by atoms with van der Waals surface area (Å²) in [4.78, 5) is 11.7. The van der Waals surface area contributed by atoms with Gasteiger partial charge in [0.15, 0.2) is 0 Å². The van der Waals surface area contributed by atoms with Crippen LogP contribution in [0, 0.1) is 18.3 Å². The summed E-state index contributed by atoms with van der Waals surface area (Å²) in [5.41, 5.74) is 1.39. The first kappa shape index (κ1) is 15.6. The van der Waals surface area contributed by atoms with Gasteiger partial charge in [0.25, 0.3) is 5.91 Å². The van der Waals surface area contributed by atoms with Crippen LogP contribution in [0.4, 0.5) is 5.69 Å². The SMILES string of the molecule is CCCCNC(=O)/C(C#N)=C\Nc1cc(C)ccc1O. The number of phenolic OH excluding ortho intramolecular Hbond substituents is 1. The number of amides is 1. The molecule has 1 aromatic rings. The Kier molecular flexibility index (Phi) is 6.11. The van der Waals surface area contributed by atoms with Crippen LogP contribution in [0.3, 0.4) is 0 Å². The van der Waals surface area contributed by atoms with Gasteiger partial charge in [-0.25, -0.2) is 0 Å². The second-order valence-corrected chi connectivity index (χ2v) is 4.44. The van der Waals surface area contributed by atoms with E-state index in [2.05, 4.69) is 10.6 Å². The molecule has 0 aliphatic heterocycles. The van der Waals surface area contributed by atoms with Crippen molar-refractivity contribution in [1.29, 1.82) is 5.26 Å². The molecule has 3 N–H and O–H groups in total. The molecule has 0 aromatic heterocycles. The number of carbonyl (C=O) groups excluding carboxylic acids is 1. The Morgan fingerprint density at radius 3 is 2.90 bits per heavy atom. The van der Waals surface area contributed by atoms with Crippen molar-refractivity contribution in [3.05, 3.63) is 35.5 Å². The van der Waals surface area contributed by atoms with Crippen LogP contribution in [0.2, 0.25) is 0 Å². The maximum absolute atomic E-state index is 11.7. The van der Waals surface area contributed by atoms with E-state index in [-0.39, 0.29) is 11.3 Å². The molecule has 0 unspecified atom stereocenters. The van der Waals surface area contributed by atoms with Crippen LogP contribution in [-0.4, -0.2) is 17.6 Å². The molecule has 0 heterocycles. The van der Waals surface area contributed by atoms with E-state index in [9.17, 15) is 9.90 Å². The van der Waals surface area contributed by atoms with E-state index in [1.807, 2.05) is 19.9 Å². The third-order valence-electron chi connectivity index (χ3n) is 2.71. The summed E-state index contributed by atoms with van der Waals surface area (Å²) in [6.07, 6.45) is 3.15. The minimum absolute atomic E-state index is 0.0259. The Labute approximate surface area is 118 Å². The maximum Gasteiger partial charge on any atom is 0.263 e. The number of aromatic hydroxyl groups is 1. The fraction of sp³-hybridized carbons (Fsp3) is 0.333. The smallest absolute Gasteiger partial charge is 0.263 e. The summed E-state index contributed by atoms with van der Waals surface area (Å²) in [5.74, 6) is -0.351. The van der Waals surface area contributed by atoms with Crippen molar-refractivity contribution in [2.45, 2.75) is 26.7 Å². The molecule has 106 valence electrons. The Balaban J connectivity index is 2.73. The van der Waals surface area contributed by atoms with E-state index in [1.165, 1.54) is 6.20 Å². The van der Waals surface area contributed by atoms with Gasteiger partial charge in [-0.2, -0.15) is 5.26 Å². The number of hydrogen-bond acceptors (Lipinski definition) is 4. The van der Waals surface area contributed by atoms with E-state index in [4.69, 9.17) is 5.26 Å². The third-order valence-corrected chi connectivity index (χ3v) is 2.71. The van der Waals surface area contributed by atoms with Crippen molar-refractivity contribution in [3.63, 3.8) is 0 Å². The Hall–Kier alpha value is -2.48. The predicted molar refractivity (Wildman–Crippen MR) is 78.1 cm³/mol. The minimum atomic E-state index is -0.416. The van der Waals surface area contributed by atoms with Crippen LogP contribution in [0.1, 0.15) is 25.3 Å². The number of benzene rings is 1. The Morgan fingerprint density at radius 1 is 1.50 bits per heavy atom. The van der Waals surface area contributed by atoms with Gasteiger partial charge in [-0.1, -0.05) is 19.4 Å². The zero-order valence-electron chi connectivity index (χ0n) is 11.7. The number of nitrogens with one attached hydrogen (secondary N) is 2. The molecule has 0 fully saturated rings. The van der Waals surface area contributed by atoms with E-state index < -0.39 is 5.91 Å². The van der Waals surface area contributed by atoms with Crippen molar-refractivity contribution < 1.29 is 9.90 Å². The highest BCUT2D eigenvalue weighted by atomic mass is 16.3. The lowest BCUT2D eigenvalue weighted by Gasteiger charge is -2.06. The molecule has 0 aliphatic rings. The largest absolute Gasteiger partial charge is 0.506 e. The van der Waals surface area contributed by atoms with Crippen molar-refractivity contribution >= 4 is 11.6 Å². The summed E-state index contributed by atoms with van der Waals surface area (Å²) in [7, 11) is 0. The molecule has 1 amide bonds. The number of phenols is 1. The lowest BCUT2D eigenvalue weighted by atomic mass is 10.2. The van der Waals surface area contributed by atoms with Gasteiger partial charge in [0, 0.05) is 12.7 Å². The summed E-state index contributed by atoms with van der Waals surface area (Å²) in [5, 5.41) is 24.1. The molecule has 0 saturated heterocycles. The molecule has 20 heavy (non-hydrogen) atoms. The third kappa shape index (κ3) is 4.65. The molecule has 1 rings (SSSR count). The zero-order valence-corrected chi connectivity index (χ0v) is 11.7. The fourth-order valence-electron chi connectivity index (χ4n) is 1.54. The predicted octanol–water partition coefficient (Wildman–Crippen LogP) is 2.44. The van der Waals surface area contributed by atoms with Gasteiger partial charge in [-0.3, -0.25) is 4.79 Å². The number of nitrogens with zero attached hydrogens (tertiary/aromatic N) is 1. The minimum Gasteiger partial charge on any atom is -0.506 e. The molecule has 5 heteroatoms. The first-order valence-corrected chi connectivity index (χ1v) is 6.53. The van der Waals surface area contributed by atoms with Gasteiger partial charge in [-0.05, 0) is 31.0 Å². The molecule has 0 bridgehead atoms. The monoisotopic (exact) mass is 273 g/mol. The number of carbonyl (C=O) groups is 1. The molecule has 0 atom stereocenters. The van der Waals surface area contributed by atoms with E-state index in [0.717, 1.165) is 18.4 Å². The number of aryl methyl sites for hydroxylation is 1. The quantitative estimate of drug-likeness (QED) is 0.321. The summed E-state index contributed by atoms with van der Waals surface area (Å²) in [6, 6.07) is 6.90. The van der Waals surface area contributed by atoms with Crippen LogP contribution in [-0.2, 0) is 4.79 Å². The number of unbranched alkanes of at least 4 members (excludes halogenated alkanes) is 1. The van der Waals surface area contributed by atoms with Crippen LogP contribution in [0.25, 0.3) is 0 Å². The van der Waals surface area contributed by atoms with E-state index >= 15 is 0 Å². The number of hydrogen-bond donors (Lipinski definition) is 3. The van der Waals surface area contributed by atoms with E-state index in [0.29, 0.717) is 12.2 Å². The van der Waals surface area contributed by atoms with Crippen LogP contribution < -0.4 is 10.6 Å². The average molecular weight is 273 g/mol. The van der Waals surface area contributed by atoms with Crippen molar-refractivity contribution in [1.82, 2.24) is 5.32 Å². The highest BCUT2D eigenvalue weighted by Gasteiger charge is 2.08. The number of rotatable bonds is 6. The van der Waals surface area contributed by atoms with Gasteiger partial charge < -0.3 is 15.7 Å². The van der Waals surface area contributed by atoms with Gasteiger partial charge in [-0.15, -0.1) is 0 Å². The maximum atomic E-state index is 11.7.